The second-order valence-corrected chi connectivity index (χ2v) is 8.56. The van der Waals surface area contributed by atoms with Gasteiger partial charge in [0, 0.05) is 29.3 Å². The standard InChI is InChI=1S/C22H24N2OS/c1-16-7-10-18(11-8-16)22(25)24-14-13-19-20(15-24)26-21(23-19)12-9-17-5-3-2-4-6-17/h2-6,16,18H,7-8,10-11,13-15H2,1H3. The Bertz CT molecular complexity index is 838. The van der Waals surface area contributed by atoms with Gasteiger partial charge >= 0.3 is 0 Å². The lowest BCUT2D eigenvalue weighted by Crippen LogP contribution is -2.40. The number of aromatic nitrogens is 1. The van der Waals surface area contributed by atoms with Crippen molar-refractivity contribution >= 4 is 17.2 Å². The van der Waals surface area contributed by atoms with E-state index in [1.807, 2.05) is 30.3 Å². The number of benzene rings is 1. The maximum atomic E-state index is 12.9. The van der Waals surface area contributed by atoms with Crippen molar-refractivity contribution in [2.24, 2.45) is 11.8 Å². The van der Waals surface area contributed by atoms with E-state index in [0.29, 0.717) is 12.5 Å². The van der Waals surface area contributed by atoms with Crippen LogP contribution in [-0.2, 0) is 17.8 Å². The summed E-state index contributed by atoms with van der Waals surface area (Å²) in [5.41, 5.74) is 2.14. The first-order chi connectivity index (χ1) is 12.7. The Hall–Kier alpha value is -2.12. The predicted octanol–water partition coefficient (Wildman–Crippen LogP) is 4.25. The SMILES string of the molecule is CC1CCC(C(=O)N2CCc3nc(C#Cc4ccccc4)sc3C2)CC1. The Morgan fingerprint density at radius 1 is 1.15 bits per heavy atom. The van der Waals surface area contributed by atoms with Gasteiger partial charge in [0.05, 0.1) is 12.2 Å². The molecule has 0 radical (unpaired) electrons. The molecule has 1 aliphatic carbocycles. The minimum Gasteiger partial charge on any atom is -0.337 e. The van der Waals surface area contributed by atoms with E-state index in [4.69, 9.17) is 0 Å². The van der Waals surface area contributed by atoms with Gasteiger partial charge in [-0.15, -0.1) is 11.3 Å². The van der Waals surface area contributed by atoms with Crippen LogP contribution in [0.15, 0.2) is 30.3 Å². The first kappa shape index (κ1) is 17.3. The monoisotopic (exact) mass is 364 g/mol. The lowest BCUT2D eigenvalue weighted by molar-refractivity contribution is -0.137. The molecule has 4 rings (SSSR count). The molecule has 1 aromatic carbocycles. The average molecular weight is 365 g/mol. The fourth-order valence-electron chi connectivity index (χ4n) is 3.85. The van der Waals surface area contributed by atoms with Crippen molar-refractivity contribution in [1.82, 2.24) is 9.88 Å². The van der Waals surface area contributed by atoms with Gasteiger partial charge in [-0.2, -0.15) is 0 Å². The zero-order chi connectivity index (χ0) is 17.9. The first-order valence-corrected chi connectivity index (χ1v) is 10.3. The van der Waals surface area contributed by atoms with Crippen LogP contribution in [0.3, 0.4) is 0 Å². The molecule has 1 saturated carbocycles. The molecule has 1 aromatic heterocycles. The quantitative estimate of drug-likeness (QED) is 0.709. The Labute approximate surface area is 159 Å². The van der Waals surface area contributed by atoms with Crippen LogP contribution in [0.25, 0.3) is 0 Å². The van der Waals surface area contributed by atoms with E-state index < -0.39 is 0 Å². The van der Waals surface area contributed by atoms with Crippen molar-refractivity contribution in [2.45, 2.75) is 45.6 Å². The van der Waals surface area contributed by atoms with E-state index in [9.17, 15) is 4.79 Å². The van der Waals surface area contributed by atoms with Gasteiger partial charge in [0.2, 0.25) is 5.91 Å². The predicted molar refractivity (Wildman–Crippen MR) is 105 cm³/mol. The summed E-state index contributed by atoms with van der Waals surface area (Å²) in [7, 11) is 0. The fraction of sp³-hybridized carbons (Fsp3) is 0.455. The molecule has 0 saturated heterocycles. The fourth-order valence-corrected chi connectivity index (χ4v) is 4.83. The summed E-state index contributed by atoms with van der Waals surface area (Å²) in [6, 6.07) is 9.99. The minimum absolute atomic E-state index is 0.234. The van der Waals surface area contributed by atoms with Crippen molar-refractivity contribution < 1.29 is 4.79 Å². The van der Waals surface area contributed by atoms with Gasteiger partial charge in [-0.3, -0.25) is 4.79 Å². The van der Waals surface area contributed by atoms with Gasteiger partial charge < -0.3 is 4.90 Å². The van der Waals surface area contributed by atoms with E-state index in [1.54, 1.807) is 11.3 Å². The lowest BCUT2D eigenvalue weighted by Gasteiger charge is -2.32. The van der Waals surface area contributed by atoms with E-state index in [2.05, 4.69) is 28.6 Å². The molecule has 0 N–H and O–H groups in total. The summed E-state index contributed by atoms with van der Waals surface area (Å²) in [6.45, 7) is 3.81. The molecular formula is C22H24N2OS. The Kier molecular flexibility index (Phi) is 5.08. The van der Waals surface area contributed by atoms with Gasteiger partial charge in [0.25, 0.3) is 0 Å². The second-order valence-electron chi connectivity index (χ2n) is 7.47. The number of amides is 1. The molecule has 0 bridgehead atoms. The minimum atomic E-state index is 0.234. The normalized spacial score (nSPS) is 22.3. The van der Waals surface area contributed by atoms with Crippen LogP contribution in [0.2, 0.25) is 0 Å². The Morgan fingerprint density at radius 2 is 1.92 bits per heavy atom. The molecule has 2 aliphatic rings. The summed E-state index contributed by atoms with van der Waals surface area (Å²) in [5, 5.41) is 0.861. The summed E-state index contributed by atoms with van der Waals surface area (Å²) in [6.07, 6.45) is 5.35. The number of fused-ring (bicyclic) bond motifs is 1. The van der Waals surface area contributed by atoms with Crippen molar-refractivity contribution in [1.29, 1.82) is 0 Å². The van der Waals surface area contributed by atoms with E-state index in [0.717, 1.165) is 48.0 Å². The third kappa shape index (κ3) is 3.83. The van der Waals surface area contributed by atoms with E-state index >= 15 is 0 Å². The molecular weight excluding hydrogens is 340 g/mol. The van der Waals surface area contributed by atoms with Gasteiger partial charge in [0.15, 0.2) is 5.01 Å². The third-order valence-corrected chi connectivity index (χ3v) is 6.49. The van der Waals surface area contributed by atoms with Crippen molar-refractivity contribution in [3.8, 4) is 11.8 Å². The number of carbonyl (C=O) groups excluding carboxylic acids is 1. The highest BCUT2D eigenvalue weighted by Gasteiger charge is 2.31. The van der Waals surface area contributed by atoms with Crippen LogP contribution in [0, 0.1) is 23.7 Å². The largest absolute Gasteiger partial charge is 0.337 e. The molecule has 26 heavy (non-hydrogen) atoms. The maximum absolute atomic E-state index is 12.9. The summed E-state index contributed by atoms with van der Waals surface area (Å²) in [5.74, 6) is 7.73. The summed E-state index contributed by atoms with van der Waals surface area (Å²) in [4.78, 5) is 20.8. The number of rotatable bonds is 1. The second kappa shape index (κ2) is 7.63. The smallest absolute Gasteiger partial charge is 0.226 e. The van der Waals surface area contributed by atoms with Crippen LogP contribution >= 0.6 is 11.3 Å². The summed E-state index contributed by atoms with van der Waals surface area (Å²) < 4.78 is 0. The molecule has 3 nitrogen and oxygen atoms in total. The topological polar surface area (TPSA) is 33.2 Å². The van der Waals surface area contributed by atoms with Crippen molar-refractivity contribution in [3.63, 3.8) is 0 Å². The van der Waals surface area contributed by atoms with E-state index in [1.165, 1.54) is 17.7 Å². The van der Waals surface area contributed by atoms with Crippen LogP contribution in [-0.4, -0.2) is 22.3 Å². The molecule has 1 fully saturated rings. The molecule has 2 heterocycles. The molecule has 1 amide bonds. The molecule has 0 unspecified atom stereocenters. The summed E-state index contributed by atoms with van der Waals surface area (Å²) >= 11 is 1.64. The number of hydrogen-bond donors (Lipinski definition) is 0. The average Bonchev–Trinajstić information content (AvgIpc) is 3.09. The first-order valence-electron chi connectivity index (χ1n) is 9.53. The van der Waals surface area contributed by atoms with Crippen LogP contribution in [0.4, 0.5) is 0 Å². The number of nitrogens with zero attached hydrogens (tertiary/aromatic N) is 2. The number of carbonyl (C=O) groups is 1. The Balaban J connectivity index is 1.44. The molecule has 0 spiro atoms. The van der Waals surface area contributed by atoms with Crippen molar-refractivity contribution in [2.75, 3.05) is 6.54 Å². The molecule has 134 valence electrons. The zero-order valence-corrected chi connectivity index (χ0v) is 16.0. The van der Waals surface area contributed by atoms with Gasteiger partial charge in [-0.1, -0.05) is 31.0 Å². The third-order valence-electron chi connectivity index (χ3n) is 5.50. The maximum Gasteiger partial charge on any atom is 0.226 e. The van der Waals surface area contributed by atoms with E-state index in [-0.39, 0.29) is 5.92 Å². The number of hydrogen-bond acceptors (Lipinski definition) is 3. The highest BCUT2D eigenvalue weighted by molar-refractivity contribution is 7.12. The van der Waals surface area contributed by atoms with Crippen LogP contribution in [0.5, 0.6) is 0 Å². The highest BCUT2D eigenvalue weighted by atomic mass is 32.1. The molecule has 2 aromatic rings. The van der Waals surface area contributed by atoms with Crippen LogP contribution < -0.4 is 0 Å². The molecule has 4 heteroatoms. The van der Waals surface area contributed by atoms with Gasteiger partial charge in [-0.05, 0) is 49.7 Å². The van der Waals surface area contributed by atoms with Crippen LogP contribution in [0.1, 0.15) is 53.7 Å². The molecule has 0 atom stereocenters. The van der Waals surface area contributed by atoms with Gasteiger partial charge in [-0.25, -0.2) is 4.98 Å². The highest BCUT2D eigenvalue weighted by Crippen LogP contribution is 2.32. The number of thiazole rings is 1. The van der Waals surface area contributed by atoms with Crippen molar-refractivity contribution in [3.05, 3.63) is 51.5 Å². The lowest BCUT2D eigenvalue weighted by atomic mass is 9.82. The van der Waals surface area contributed by atoms with Gasteiger partial charge in [0.1, 0.15) is 0 Å². The molecule has 1 aliphatic heterocycles. The Morgan fingerprint density at radius 3 is 2.69 bits per heavy atom. The zero-order valence-electron chi connectivity index (χ0n) is 15.2.